The predicted octanol–water partition coefficient (Wildman–Crippen LogP) is 3.63. The average molecular weight is 523 g/mol. The van der Waals surface area contributed by atoms with Gasteiger partial charge in [-0.3, -0.25) is 4.90 Å². The molecule has 2 aromatic rings. The fourth-order valence-electron chi connectivity index (χ4n) is 3.62. The van der Waals surface area contributed by atoms with E-state index in [2.05, 4.69) is 35.8 Å². The lowest BCUT2D eigenvalue weighted by atomic mass is 9.88. The number of aromatic amines is 1. The van der Waals surface area contributed by atoms with E-state index < -0.39 is 24.0 Å². The molecule has 0 unspecified atom stereocenters. The van der Waals surface area contributed by atoms with Crippen LogP contribution >= 0.6 is 0 Å². The van der Waals surface area contributed by atoms with Gasteiger partial charge in [-0.2, -0.15) is 31.6 Å². The Kier molecular flexibility index (Phi) is 8.47. The van der Waals surface area contributed by atoms with Gasteiger partial charge in [0.1, 0.15) is 12.4 Å². The molecule has 1 saturated heterocycles. The number of H-pyrrole nitrogens is 1. The zero-order chi connectivity index (χ0) is 26.4. The molecule has 0 amide bonds. The normalized spacial score (nSPS) is 17.8. The molecule has 36 heavy (non-hydrogen) atoms. The van der Waals surface area contributed by atoms with Crippen LogP contribution in [0.15, 0.2) is 34.5 Å². The second-order valence-electron chi connectivity index (χ2n) is 8.30. The molecule has 2 N–H and O–H groups in total. The highest BCUT2D eigenvalue weighted by Crippen LogP contribution is 2.49. The van der Waals surface area contributed by atoms with Crippen LogP contribution in [0.3, 0.4) is 0 Å². The van der Waals surface area contributed by atoms with Gasteiger partial charge >= 0.3 is 18.3 Å². The maximum Gasteiger partial charge on any atom is 0.490 e. The number of rotatable bonds is 8. The van der Waals surface area contributed by atoms with Crippen LogP contribution in [0.5, 0.6) is 5.75 Å². The summed E-state index contributed by atoms with van der Waals surface area (Å²) < 4.78 is 76.4. The molecule has 198 valence electrons. The summed E-state index contributed by atoms with van der Waals surface area (Å²) in [5.74, 6) is -1.34. The molecule has 4 rings (SSSR count). The minimum Gasteiger partial charge on any atom is -0.492 e. The van der Waals surface area contributed by atoms with Crippen molar-refractivity contribution in [1.29, 1.82) is 0 Å². The van der Waals surface area contributed by atoms with Crippen molar-refractivity contribution >= 4 is 5.97 Å². The van der Waals surface area contributed by atoms with Gasteiger partial charge in [0.15, 0.2) is 5.82 Å². The minimum atomic E-state index is -5.08. The Bertz CT molecular complexity index is 998. The molecule has 0 spiro atoms. The summed E-state index contributed by atoms with van der Waals surface area (Å²) in [5, 5.41) is 27.5. The second-order valence-corrected chi connectivity index (χ2v) is 8.30. The molecule has 2 aliphatic rings. The molecule has 1 aromatic heterocycles. The Morgan fingerprint density at radius 3 is 2.19 bits per heavy atom. The van der Waals surface area contributed by atoms with Gasteiger partial charge in [-0.15, -0.1) is 20.4 Å². The summed E-state index contributed by atoms with van der Waals surface area (Å²) in [5.41, 5.74) is -1.05. The average Bonchev–Trinajstić information content (AvgIpc) is 3.43. The third-order valence-electron chi connectivity index (χ3n) is 5.67. The molecule has 1 aromatic carbocycles. The van der Waals surface area contributed by atoms with Gasteiger partial charge in [0.05, 0.1) is 0 Å². The number of ether oxygens (including phenoxy) is 1. The van der Waals surface area contributed by atoms with Crippen LogP contribution in [0, 0.1) is 5.92 Å². The van der Waals surface area contributed by atoms with Crippen molar-refractivity contribution in [1.82, 2.24) is 25.5 Å². The van der Waals surface area contributed by atoms with Gasteiger partial charge in [0.2, 0.25) is 0 Å². The maximum absolute atomic E-state index is 12.9. The number of hydrogen-bond donors (Lipinski definition) is 2. The van der Waals surface area contributed by atoms with Crippen LogP contribution in [0.25, 0.3) is 0 Å². The van der Waals surface area contributed by atoms with E-state index in [4.69, 9.17) is 14.6 Å². The molecule has 16 heteroatoms. The van der Waals surface area contributed by atoms with Crippen molar-refractivity contribution in [3.63, 3.8) is 0 Å². The van der Waals surface area contributed by atoms with Crippen LogP contribution in [0.2, 0.25) is 0 Å². The number of halogens is 6. The van der Waals surface area contributed by atoms with Crippen LogP contribution in [-0.2, 0) is 11.2 Å². The first-order valence-electron chi connectivity index (χ1n) is 10.9. The molecule has 0 atom stereocenters. The quantitative estimate of drug-likeness (QED) is 0.506. The van der Waals surface area contributed by atoms with Crippen LogP contribution in [0.1, 0.15) is 30.7 Å². The number of piperidine rings is 1. The van der Waals surface area contributed by atoms with Crippen molar-refractivity contribution < 1.29 is 41.0 Å². The third kappa shape index (κ3) is 7.86. The van der Waals surface area contributed by atoms with Gasteiger partial charge in [-0.25, -0.2) is 4.79 Å². The lowest BCUT2D eigenvalue weighted by molar-refractivity contribution is -0.192. The topological polar surface area (TPSA) is 129 Å². The van der Waals surface area contributed by atoms with Crippen molar-refractivity contribution in [3.05, 3.63) is 35.7 Å². The Labute approximate surface area is 200 Å². The Hall–Kier alpha value is -3.30. The second kappa shape index (κ2) is 11.2. The zero-order valence-corrected chi connectivity index (χ0v) is 18.8. The molecule has 10 nitrogen and oxygen atoms in total. The number of likely N-dealkylation sites (tertiary alicyclic amines) is 1. The number of carboxylic acids is 1. The number of nitrogens with zero attached hydrogens (tertiary/aromatic N) is 6. The fourth-order valence-corrected chi connectivity index (χ4v) is 3.62. The summed E-state index contributed by atoms with van der Waals surface area (Å²) >= 11 is 0. The molecule has 1 fully saturated rings. The van der Waals surface area contributed by atoms with Crippen molar-refractivity contribution in [2.24, 2.45) is 16.1 Å². The highest BCUT2D eigenvalue weighted by molar-refractivity contribution is 5.73. The first-order chi connectivity index (χ1) is 16.9. The van der Waals surface area contributed by atoms with E-state index in [1.54, 1.807) is 0 Å². The number of hydrogen-bond acceptors (Lipinski definition) is 8. The van der Waals surface area contributed by atoms with Crippen LogP contribution < -0.4 is 4.74 Å². The number of carboxylic acid groups (broad SMARTS) is 1. The van der Waals surface area contributed by atoms with Crippen molar-refractivity contribution in [2.45, 2.75) is 43.7 Å². The van der Waals surface area contributed by atoms with Gasteiger partial charge in [0, 0.05) is 19.4 Å². The molecule has 3 heterocycles. The maximum atomic E-state index is 12.9. The third-order valence-corrected chi connectivity index (χ3v) is 5.67. The van der Waals surface area contributed by atoms with Crippen LogP contribution in [0.4, 0.5) is 26.3 Å². The van der Waals surface area contributed by atoms with Crippen molar-refractivity contribution in [3.8, 4) is 5.75 Å². The van der Waals surface area contributed by atoms with E-state index in [0.717, 1.165) is 43.8 Å². The van der Waals surface area contributed by atoms with Crippen molar-refractivity contribution in [2.75, 3.05) is 26.2 Å². The number of aromatic nitrogens is 4. The lowest BCUT2D eigenvalue weighted by Crippen LogP contribution is -2.40. The zero-order valence-electron chi connectivity index (χ0n) is 18.8. The van der Waals surface area contributed by atoms with E-state index in [1.165, 1.54) is 0 Å². The Morgan fingerprint density at radius 2 is 1.72 bits per heavy atom. The number of nitrogens with one attached hydrogen (secondary N) is 1. The summed E-state index contributed by atoms with van der Waals surface area (Å²) in [6, 6.07) is 7.73. The first-order valence-corrected chi connectivity index (χ1v) is 10.9. The molecule has 0 bridgehead atoms. The lowest BCUT2D eigenvalue weighted by Gasteiger charge is -2.32. The standard InChI is InChI=1S/C18H22F3N7O.C2HF3O2/c19-18(20,21)17(24-25-17)12-14-5-7-28(8-6-14)9-10-29-15-3-1-13(2-4-15)11-16-22-26-27-23-16;3-2(4,5)1(6)7/h1-4,14H,5-12H2,(H,22,23,26,27);(H,6,7). The molecule has 0 radical (unpaired) electrons. The Morgan fingerprint density at radius 1 is 1.11 bits per heavy atom. The summed E-state index contributed by atoms with van der Waals surface area (Å²) in [6.45, 7) is 2.82. The first kappa shape index (κ1) is 27.3. The van der Waals surface area contributed by atoms with E-state index in [-0.39, 0.29) is 12.3 Å². The van der Waals surface area contributed by atoms with E-state index >= 15 is 0 Å². The van der Waals surface area contributed by atoms with E-state index in [9.17, 15) is 26.3 Å². The van der Waals surface area contributed by atoms with Gasteiger partial charge in [-0.05, 0) is 49.5 Å². The smallest absolute Gasteiger partial charge is 0.490 e. The molecule has 2 aliphatic heterocycles. The predicted molar refractivity (Wildman–Crippen MR) is 110 cm³/mol. The minimum absolute atomic E-state index is 0.00976. The molecule has 0 aliphatic carbocycles. The summed E-state index contributed by atoms with van der Waals surface area (Å²) in [6.07, 6.45) is -7.40. The number of carbonyl (C=O) groups is 1. The summed E-state index contributed by atoms with van der Waals surface area (Å²) in [4.78, 5) is 11.1. The fraction of sp³-hybridized carbons (Fsp3) is 0.600. The van der Waals surface area contributed by atoms with E-state index in [0.29, 0.717) is 18.9 Å². The summed E-state index contributed by atoms with van der Waals surface area (Å²) in [7, 11) is 0. The largest absolute Gasteiger partial charge is 0.492 e. The molecular formula is C20H23F6N7O3. The molecular weight excluding hydrogens is 500 g/mol. The molecule has 0 saturated carbocycles. The Balaban J connectivity index is 0.000000454. The number of alkyl halides is 6. The SMILES string of the molecule is FC(F)(F)C1(CC2CCN(CCOc3ccc(Cc4nn[nH]n4)cc3)CC2)N=N1.O=C(O)C(F)(F)F. The van der Waals surface area contributed by atoms with Gasteiger partial charge in [0.25, 0.3) is 5.66 Å². The highest BCUT2D eigenvalue weighted by Gasteiger charge is 2.64. The van der Waals surface area contributed by atoms with Gasteiger partial charge in [-0.1, -0.05) is 17.3 Å². The van der Waals surface area contributed by atoms with Gasteiger partial charge < -0.3 is 9.84 Å². The van der Waals surface area contributed by atoms with Crippen LogP contribution in [-0.4, -0.2) is 80.9 Å². The number of aliphatic carboxylic acids is 1. The number of tetrazole rings is 1. The van der Waals surface area contributed by atoms with E-state index in [1.807, 2.05) is 24.3 Å². The highest BCUT2D eigenvalue weighted by atomic mass is 19.4. The number of benzene rings is 1. The monoisotopic (exact) mass is 523 g/mol.